The van der Waals surface area contributed by atoms with E-state index in [0.29, 0.717) is 12.8 Å². The summed E-state index contributed by atoms with van der Waals surface area (Å²) in [7, 11) is 0. The largest absolute Gasteiger partial charge is 0.462 e. The predicted octanol–water partition coefficient (Wildman–Crippen LogP) is 23.7. The van der Waals surface area contributed by atoms with Crippen LogP contribution < -0.4 is 0 Å². The Morgan fingerprint density at radius 1 is 0.253 bits per heavy atom. The van der Waals surface area contributed by atoms with Crippen molar-refractivity contribution in [3.8, 4) is 0 Å². The molecule has 0 radical (unpaired) electrons. The minimum Gasteiger partial charge on any atom is -0.462 e. The molecule has 6 heteroatoms. The molecule has 0 N–H and O–H groups in total. The van der Waals surface area contributed by atoms with Gasteiger partial charge in [-0.3, -0.25) is 14.4 Å². The van der Waals surface area contributed by atoms with Gasteiger partial charge in [-0.05, 0) is 128 Å². The van der Waals surface area contributed by atoms with Gasteiger partial charge in [0.1, 0.15) is 13.2 Å². The van der Waals surface area contributed by atoms with Crippen LogP contribution in [0.4, 0.5) is 0 Å². The van der Waals surface area contributed by atoms with Gasteiger partial charge < -0.3 is 14.2 Å². The van der Waals surface area contributed by atoms with Crippen molar-refractivity contribution in [2.45, 2.75) is 297 Å². The number of allylic oxidation sites excluding steroid dienone is 26. The summed E-state index contributed by atoms with van der Waals surface area (Å²) in [5.41, 5.74) is 0. The SMILES string of the molecule is CC/C=C\C/C=C\C/C=C\C/C=C\C/C=C\C/C=C\C/C=C\C/C=C\C/C=C\CCCCCC(=O)OCC(COC(=O)CCCCCCCCCCCCCCCCCCC)OC(=O)CCCCCC/C=C\C/C=C\C/C=C\C/C=C\CC. The van der Waals surface area contributed by atoms with Gasteiger partial charge in [0.15, 0.2) is 6.10 Å². The van der Waals surface area contributed by atoms with E-state index in [-0.39, 0.29) is 37.5 Å². The molecule has 0 saturated carbocycles. The molecule has 468 valence electrons. The second-order valence-corrected chi connectivity index (χ2v) is 22.0. The second-order valence-electron chi connectivity index (χ2n) is 22.0. The highest BCUT2D eigenvalue weighted by molar-refractivity contribution is 5.71. The molecular formula is C77H124O6. The van der Waals surface area contributed by atoms with Crippen molar-refractivity contribution in [1.82, 2.24) is 0 Å². The lowest BCUT2D eigenvalue weighted by molar-refractivity contribution is -0.167. The number of esters is 3. The quantitative estimate of drug-likeness (QED) is 0.0261. The predicted molar refractivity (Wildman–Crippen MR) is 362 cm³/mol. The molecule has 0 rings (SSSR count). The van der Waals surface area contributed by atoms with Gasteiger partial charge in [0, 0.05) is 19.3 Å². The smallest absolute Gasteiger partial charge is 0.306 e. The summed E-state index contributed by atoms with van der Waals surface area (Å²) >= 11 is 0. The third-order valence-corrected chi connectivity index (χ3v) is 14.0. The van der Waals surface area contributed by atoms with Crippen molar-refractivity contribution in [3.05, 3.63) is 158 Å². The molecule has 0 aliphatic carbocycles. The van der Waals surface area contributed by atoms with Gasteiger partial charge in [-0.2, -0.15) is 0 Å². The van der Waals surface area contributed by atoms with Crippen LogP contribution in [0.3, 0.4) is 0 Å². The Morgan fingerprint density at radius 3 is 0.747 bits per heavy atom. The molecule has 1 unspecified atom stereocenters. The minimum atomic E-state index is -0.812. The summed E-state index contributed by atoms with van der Waals surface area (Å²) in [6.45, 7) is 6.38. The average Bonchev–Trinajstić information content (AvgIpc) is 3.49. The summed E-state index contributed by atoms with van der Waals surface area (Å²) in [5, 5.41) is 0. The topological polar surface area (TPSA) is 78.9 Å². The monoisotopic (exact) mass is 1140 g/mol. The first-order valence-electron chi connectivity index (χ1n) is 34.0. The lowest BCUT2D eigenvalue weighted by atomic mass is 10.0. The first kappa shape index (κ1) is 78.0. The Balaban J connectivity index is 4.45. The maximum atomic E-state index is 12.9. The number of unbranched alkanes of at least 4 members (excludes halogenated alkanes) is 23. The van der Waals surface area contributed by atoms with E-state index in [1.807, 2.05) is 0 Å². The van der Waals surface area contributed by atoms with Gasteiger partial charge in [-0.15, -0.1) is 0 Å². The fraction of sp³-hybridized carbons (Fsp3) is 0.623. The Hall–Kier alpha value is -4.97. The summed E-state index contributed by atoms with van der Waals surface area (Å²) in [5.74, 6) is -0.958. The van der Waals surface area contributed by atoms with E-state index in [1.165, 1.54) is 89.9 Å². The summed E-state index contributed by atoms with van der Waals surface area (Å²) in [4.78, 5) is 38.4. The molecule has 0 aromatic rings. The van der Waals surface area contributed by atoms with E-state index in [4.69, 9.17) is 14.2 Å². The van der Waals surface area contributed by atoms with Gasteiger partial charge in [0.2, 0.25) is 0 Å². The lowest BCUT2D eigenvalue weighted by Crippen LogP contribution is -2.30. The molecule has 0 amide bonds. The van der Waals surface area contributed by atoms with Crippen LogP contribution >= 0.6 is 0 Å². The number of ether oxygens (including phenoxy) is 3. The van der Waals surface area contributed by atoms with Crippen LogP contribution in [0, 0.1) is 0 Å². The van der Waals surface area contributed by atoms with E-state index in [0.717, 1.165) is 161 Å². The van der Waals surface area contributed by atoms with E-state index >= 15 is 0 Å². The van der Waals surface area contributed by atoms with Gasteiger partial charge in [-0.1, -0.05) is 301 Å². The fourth-order valence-electron chi connectivity index (χ4n) is 9.01. The van der Waals surface area contributed by atoms with E-state index in [9.17, 15) is 14.4 Å². The van der Waals surface area contributed by atoms with Gasteiger partial charge >= 0.3 is 17.9 Å². The third kappa shape index (κ3) is 67.7. The van der Waals surface area contributed by atoms with E-state index in [1.54, 1.807) is 0 Å². The van der Waals surface area contributed by atoms with Crippen LogP contribution in [0.15, 0.2) is 158 Å². The normalized spacial score (nSPS) is 13.1. The molecule has 83 heavy (non-hydrogen) atoms. The number of rotatable bonds is 60. The van der Waals surface area contributed by atoms with Crippen LogP contribution in [0.1, 0.15) is 290 Å². The van der Waals surface area contributed by atoms with Crippen molar-refractivity contribution in [2.24, 2.45) is 0 Å². The highest BCUT2D eigenvalue weighted by atomic mass is 16.6. The van der Waals surface area contributed by atoms with Crippen LogP contribution in [0.25, 0.3) is 0 Å². The maximum Gasteiger partial charge on any atom is 0.306 e. The molecule has 0 aliphatic heterocycles. The number of carbonyl (C=O) groups is 3. The Bertz CT molecular complexity index is 1840. The number of hydrogen-bond donors (Lipinski definition) is 0. The van der Waals surface area contributed by atoms with Crippen molar-refractivity contribution in [2.75, 3.05) is 13.2 Å². The highest BCUT2D eigenvalue weighted by Crippen LogP contribution is 2.16. The zero-order valence-corrected chi connectivity index (χ0v) is 53.7. The Morgan fingerprint density at radius 2 is 0.470 bits per heavy atom. The minimum absolute atomic E-state index is 0.102. The molecule has 0 fully saturated rings. The van der Waals surface area contributed by atoms with E-state index < -0.39 is 6.10 Å². The van der Waals surface area contributed by atoms with Crippen molar-refractivity contribution < 1.29 is 28.6 Å². The highest BCUT2D eigenvalue weighted by Gasteiger charge is 2.19. The molecule has 0 aromatic carbocycles. The first-order chi connectivity index (χ1) is 41.0. The molecule has 0 heterocycles. The Kier molecular flexibility index (Phi) is 65.4. The van der Waals surface area contributed by atoms with Gasteiger partial charge in [0.25, 0.3) is 0 Å². The molecule has 0 bridgehead atoms. The summed E-state index contributed by atoms with van der Waals surface area (Å²) in [6, 6.07) is 0. The standard InChI is InChI=1S/C77H124O6/c1-4-7-10-13-16-19-22-25-28-31-32-33-34-35-36-37-38-39-40-41-42-43-44-47-49-52-55-58-61-64-67-70-76(79)82-73-74(83-77(80)71-68-65-62-59-56-53-50-46-30-27-24-21-18-15-12-9-6-3)72-81-75(78)69-66-63-60-57-54-51-48-45-29-26-23-20-17-14-11-8-5-2/h7,9-10,12,16,18-19,21,25,27-28,30,32-33,35-36,38-39,41-42,44,47,50,52-53,55,74H,4-6,8,11,13-15,17,20,22-24,26,29,31,34,37,40,43,45-46,48-49,51,54,56-73H2,1-3H3/b10-7-,12-9-,19-16-,21-18-,28-25-,30-27-,33-32-,36-35-,39-38-,42-41-,47-44-,53-50-,55-52-. The van der Waals surface area contributed by atoms with Crippen LogP contribution in [-0.4, -0.2) is 37.2 Å². The van der Waals surface area contributed by atoms with Crippen molar-refractivity contribution in [3.63, 3.8) is 0 Å². The summed E-state index contributed by atoms with van der Waals surface area (Å²) < 4.78 is 16.9. The van der Waals surface area contributed by atoms with Gasteiger partial charge in [0.05, 0.1) is 0 Å². The molecule has 0 spiro atoms. The molecule has 0 saturated heterocycles. The molecule has 6 nitrogen and oxygen atoms in total. The average molecular weight is 1150 g/mol. The zero-order chi connectivity index (χ0) is 59.9. The number of hydrogen-bond acceptors (Lipinski definition) is 6. The zero-order valence-electron chi connectivity index (χ0n) is 53.7. The first-order valence-corrected chi connectivity index (χ1v) is 34.0. The van der Waals surface area contributed by atoms with Crippen LogP contribution in [-0.2, 0) is 28.6 Å². The fourth-order valence-corrected chi connectivity index (χ4v) is 9.01. The van der Waals surface area contributed by atoms with Crippen molar-refractivity contribution >= 4 is 17.9 Å². The van der Waals surface area contributed by atoms with Crippen molar-refractivity contribution in [1.29, 1.82) is 0 Å². The van der Waals surface area contributed by atoms with Crippen LogP contribution in [0.2, 0.25) is 0 Å². The van der Waals surface area contributed by atoms with E-state index in [2.05, 4.69) is 179 Å². The maximum absolute atomic E-state index is 12.9. The lowest BCUT2D eigenvalue weighted by Gasteiger charge is -2.18. The second kappa shape index (κ2) is 69.5. The molecular weight excluding hydrogens is 1020 g/mol. The third-order valence-electron chi connectivity index (χ3n) is 14.0. The summed E-state index contributed by atoms with van der Waals surface area (Å²) in [6.07, 6.45) is 101. The number of carbonyl (C=O) groups excluding carboxylic acids is 3. The van der Waals surface area contributed by atoms with Gasteiger partial charge in [-0.25, -0.2) is 0 Å². The molecule has 0 aliphatic rings. The molecule has 0 aromatic heterocycles. The van der Waals surface area contributed by atoms with Crippen LogP contribution in [0.5, 0.6) is 0 Å². The molecule has 1 atom stereocenters. The Labute approximate surface area is 511 Å².